The van der Waals surface area contributed by atoms with Gasteiger partial charge in [-0.05, 0) is 50.5 Å². The van der Waals surface area contributed by atoms with E-state index in [9.17, 15) is 4.79 Å². The maximum Gasteiger partial charge on any atom is 0.338 e. The summed E-state index contributed by atoms with van der Waals surface area (Å²) in [5.41, 5.74) is 8.51. The Kier molecular flexibility index (Phi) is 4.99. The quantitative estimate of drug-likeness (QED) is 0.871. The normalized spacial score (nSPS) is 12.7. The number of esters is 1. The van der Waals surface area contributed by atoms with Crippen LogP contribution in [0.1, 0.15) is 48.3 Å². The van der Waals surface area contributed by atoms with Crippen molar-refractivity contribution in [1.82, 2.24) is 0 Å². The Morgan fingerprint density at radius 2 is 1.64 bits per heavy atom. The number of ether oxygens (including phenoxy) is 1. The number of carbonyl (C=O) groups excluding carboxylic acids is 1. The van der Waals surface area contributed by atoms with Crippen LogP contribution in [0.2, 0.25) is 0 Å². The maximum absolute atomic E-state index is 12.0. The molecule has 2 N–H and O–H groups in total. The first-order chi connectivity index (χ1) is 10.3. The lowest BCUT2D eigenvalue weighted by Gasteiger charge is -2.19. The molecule has 0 fully saturated rings. The Morgan fingerprint density at radius 3 is 2.18 bits per heavy atom. The largest absolute Gasteiger partial charge is 0.456 e. The third-order valence-corrected chi connectivity index (χ3v) is 3.27. The molecule has 0 radical (unpaired) electrons. The highest BCUT2D eigenvalue weighted by Gasteiger charge is 2.18. The van der Waals surface area contributed by atoms with Crippen molar-refractivity contribution in [1.29, 1.82) is 0 Å². The molecule has 22 heavy (non-hydrogen) atoms. The summed E-state index contributed by atoms with van der Waals surface area (Å²) in [6.45, 7) is 5.57. The summed E-state index contributed by atoms with van der Waals surface area (Å²) < 4.78 is 5.35. The molecule has 1 unspecified atom stereocenters. The van der Waals surface area contributed by atoms with Crippen molar-refractivity contribution in [3.63, 3.8) is 0 Å². The average Bonchev–Trinajstić information content (AvgIpc) is 2.46. The van der Waals surface area contributed by atoms with Gasteiger partial charge in [0.15, 0.2) is 0 Å². The highest BCUT2D eigenvalue weighted by Crippen LogP contribution is 2.18. The summed E-state index contributed by atoms with van der Waals surface area (Å²) >= 11 is 0. The molecule has 2 aromatic rings. The van der Waals surface area contributed by atoms with Gasteiger partial charge in [-0.25, -0.2) is 4.79 Å². The van der Waals surface area contributed by atoms with Gasteiger partial charge in [-0.2, -0.15) is 0 Å². The van der Waals surface area contributed by atoms with Gasteiger partial charge in [0.2, 0.25) is 0 Å². The molecule has 0 aliphatic rings. The van der Waals surface area contributed by atoms with Crippen molar-refractivity contribution < 1.29 is 9.53 Å². The van der Waals surface area contributed by atoms with E-state index in [0.717, 1.165) is 12.0 Å². The second kappa shape index (κ2) is 6.75. The Morgan fingerprint density at radius 1 is 1.05 bits per heavy atom. The third-order valence-electron chi connectivity index (χ3n) is 3.27. The monoisotopic (exact) mass is 297 g/mol. The fourth-order valence-corrected chi connectivity index (χ4v) is 2.19. The number of rotatable bonds is 4. The molecule has 0 bridgehead atoms. The predicted octanol–water partition coefficient (Wildman–Crippen LogP) is 3.88. The average molecular weight is 297 g/mol. The summed E-state index contributed by atoms with van der Waals surface area (Å²) in [5, 5.41) is 0. The van der Waals surface area contributed by atoms with Crippen molar-refractivity contribution >= 4 is 5.97 Å². The van der Waals surface area contributed by atoms with E-state index in [1.165, 1.54) is 5.56 Å². The predicted molar refractivity (Wildman–Crippen MR) is 88.7 cm³/mol. The molecule has 3 heteroatoms. The highest BCUT2D eigenvalue weighted by molar-refractivity contribution is 5.89. The number of carbonyl (C=O) groups is 1. The molecule has 0 heterocycles. The Bertz CT molecular complexity index is 612. The molecule has 2 aromatic carbocycles. The first kappa shape index (κ1) is 16.2. The van der Waals surface area contributed by atoms with Crippen LogP contribution < -0.4 is 5.73 Å². The molecule has 0 saturated carbocycles. The van der Waals surface area contributed by atoms with Gasteiger partial charge < -0.3 is 10.5 Å². The van der Waals surface area contributed by atoms with Gasteiger partial charge in [0, 0.05) is 6.04 Å². The zero-order valence-corrected chi connectivity index (χ0v) is 13.4. The summed E-state index contributed by atoms with van der Waals surface area (Å²) in [5.74, 6) is -0.310. The number of hydrogen-bond acceptors (Lipinski definition) is 3. The topological polar surface area (TPSA) is 52.3 Å². The van der Waals surface area contributed by atoms with Gasteiger partial charge in [-0.15, -0.1) is 0 Å². The molecule has 0 amide bonds. The Hall–Kier alpha value is -2.13. The zero-order valence-electron chi connectivity index (χ0n) is 13.4. The molecule has 3 nitrogen and oxygen atoms in total. The minimum Gasteiger partial charge on any atom is -0.456 e. The van der Waals surface area contributed by atoms with E-state index in [0.29, 0.717) is 5.56 Å². The van der Waals surface area contributed by atoms with Crippen LogP contribution in [0.3, 0.4) is 0 Å². The molecule has 0 aliphatic heterocycles. The molecule has 1 atom stereocenters. The smallest absolute Gasteiger partial charge is 0.338 e. The van der Waals surface area contributed by atoms with E-state index >= 15 is 0 Å². The van der Waals surface area contributed by atoms with E-state index in [2.05, 4.69) is 12.1 Å². The lowest BCUT2D eigenvalue weighted by molar-refractivity contribution is 0.00695. The van der Waals surface area contributed by atoms with E-state index in [1.807, 2.05) is 51.1 Å². The molecule has 0 saturated heterocycles. The van der Waals surface area contributed by atoms with Crippen LogP contribution in [0.15, 0.2) is 54.6 Å². The van der Waals surface area contributed by atoms with Gasteiger partial charge in [-0.3, -0.25) is 0 Å². The van der Waals surface area contributed by atoms with Crippen molar-refractivity contribution in [3.05, 3.63) is 71.3 Å². The summed E-state index contributed by atoms with van der Waals surface area (Å²) in [7, 11) is 0. The minimum absolute atomic E-state index is 0.0879. The molecule has 0 aromatic heterocycles. The summed E-state index contributed by atoms with van der Waals surface area (Å²) in [6, 6.07) is 17.4. The van der Waals surface area contributed by atoms with Crippen LogP contribution in [-0.4, -0.2) is 11.6 Å². The van der Waals surface area contributed by atoms with E-state index in [-0.39, 0.29) is 12.0 Å². The fraction of sp³-hybridized carbons (Fsp3) is 0.316. The molecule has 116 valence electrons. The second-order valence-electron chi connectivity index (χ2n) is 6.42. The van der Waals surface area contributed by atoms with Gasteiger partial charge >= 0.3 is 5.97 Å². The summed E-state index contributed by atoms with van der Waals surface area (Å²) in [6.07, 6.45) is 0.770. The molecule has 0 spiro atoms. The second-order valence-corrected chi connectivity index (χ2v) is 6.42. The van der Waals surface area contributed by atoms with Crippen LogP contribution in [0.4, 0.5) is 0 Å². The molecule has 2 rings (SSSR count). The lowest BCUT2D eigenvalue weighted by atomic mass is 9.99. The number of hydrogen-bond donors (Lipinski definition) is 1. The van der Waals surface area contributed by atoms with Crippen molar-refractivity contribution in [2.75, 3.05) is 0 Å². The molecule has 0 aliphatic carbocycles. The third kappa shape index (κ3) is 4.71. The number of benzene rings is 2. The van der Waals surface area contributed by atoms with Crippen molar-refractivity contribution in [3.8, 4) is 0 Å². The first-order valence-corrected chi connectivity index (χ1v) is 7.48. The standard InChI is InChI=1S/C19H23NO2/c1-19(2,3)22-18(21)16-11-9-15(10-12-16)17(20)13-14-7-5-4-6-8-14/h4-12,17H,13,20H2,1-3H3. The first-order valence-electron chi connectivity index (χ1n) is 7.48. The van der Waals surface area contributed by atoms with Crippen LogP contribution in [0.25, 0.3) is 0 Å². The van der Waals surface area contributed by atoms with Crippen molar-refractivity contribution in [2.45, 2.75) is 38.8 Å². The van der Waals surface area contributed by atoms with E-state index in [4.69, 9.17) is 10.5 Å². The van der Waals surface area contributed by atoms with Crippen molar-refractivity contribution in [2.24, 2.45) is 5.73 Å². The van der Waals surface area contributed by atoms with E-state index in [1.54, 1.807) is 12.1 Å². The highest BCUT2D eigenvalue weighted by atomic mass is 16.6. The maximum atomic E-state index is 12.0. The van der Waals surface area contributed by atoms with Gasteiger partial charge in [0.1, 0.15) is 5.60 Å². The van der Waals surface area contributed by atoms with Crippen LogP contribution in [0.5, 0.6) is 0 Å². The van der Waals surface area contributed by atoms with Crippen LogP contribution >= 0.6 is 0 Å². The Labute approximate surface area is 132 Å². The van der Waals surface area contributed by atoms with E-state index < -0.39 is 5.60 Å². The van der Waals surface area contributed by atoms with Crippen LogP contribution in [0, 0.1) is 0 Å². The van der Waals surface area contributed by atoms with Gasteiger partial charge in [-0.1, -0.05) is 42.5 Å². The number of nitrogens with two attached hydrogens (primary N) is 1. The van der Waals surface area contributed by atoms with Gasteiger partial charge in [0.05, 0.1) is 5.56 Å². The lowest BCUT2D eigenvalue weighted by Crippen LogP contribution is -2.24. The van der Waals surface area contributed by atoms with Gasteiger partial charge in [0.25, 0.3) is 0 Å². The molecular weight excluding hydrogens is 274 g/mol. The fourth-order valence-electron chi connectivity index (χ4n) is 2.19. The SMILES string of the molecule is CC(C)(C)OC(=O)c1ccc(C(N)Cc2ccccc2)cc1. The molecular formula is C19H23NO2. The zero-order chi connectivity index (χ0) is 16.2. The van der Waals surface area contributed by atoms with Crippen LogP contribution in [-0.2, 0) is 11.2 Å². The minimum atomic E-state index is -0.487. The Balaban J connectivity index is 2.04. The summed E-state index contributed by atoms with van der Waals surface area (Å²) in [4.78, 5) is 12.0.